The van der Waals surface area contributed by atoms with E-state index in [2.05, 4.69) is 5.32 Å². The van der Waals surface area contributed by atoms with Crippen LogP contribution in [0, 0.1) is 6.92 Å². The molecule has 0 saturated heterocycles. The lowest BCUT2D eigenvalue weighted by Crippen LogP contribution is -2.52. The fourth-order valence-electron chi connectivity index (χ4n) is 3.18. The number of carbonyl (C=O) groups is 2. The largest absolute Gasteiger partial charge is 0.352 e. The fourth-order valence-corrected chi connectivity index (χ4v) is 4.23. The summed E-state index contributed by atoms with van der Waals surface area (Å²) in [6.45, 7) is 6.99. The highest BCUT2D eigenvalue weighted by Gasteiger charge is 2.30. The molecular weight excluding hydrogens is 462 g/mol. The Kier molecular flexibility index (Phi) is 9.31. The maximum Gasteiger partial charge on any atom is 0.244 e. The van der Waals surface area contributed by atoms with Crippen molar-refractivity contribution in [3.05, 3.63) is 64.7 Å². The Morgan fingerprint density at radius 2 is 1.67 bits per heavy atom. The summed E-state index contributed by atoms with van der Waals surface area (Å²) in [5, 5.41) is 3.35. The monoisotopic (exact) mass is 493 g/mol. The summed E-state index contributed by atoms with van der Waals surface area (Å²) in [5.41, 5.74) is 2.01. The molecule has 9 heteroatoms. The lowest BCUT2D eigenvalue weighted by Gasteiger charge is -2.32. The van der Waals surface area contributed by atoms with Crippen LogP contribution in [0.2, 0.25) is 5.02 Å². The maximum atomic E-state index is 13.5. The number of nitrogens with zero attached hydrogens (tertiary/aromatic N) is 2. The third-order valence-corrected chi connectivity index (χ3v) is 6.98. The van der Waals surface area contributed by atoms with Crippen LogP contribution in [0.4, 0.5) is 5.69 Å². The van der Waals surface area contributed by atoms with Gasteiger partial charge in [-0.1, -0.05) is 54.4 Å². The molecule has 0 aliphatic rings. The zero-order valence-corrected chi connectivity index (χ0v) is 21.3. The predicted molar refractivity (Wildman–Crippen MR) is 133 cm³/mol. The first-order valence-corrected chi connectivity index (χ1v) is 13.0. The number of amides is 2. The number of benzene rings is 2. The minimum absolute atomic E-state index is 0.0581. The van der Waals surface area contributed by atoms with Crippen molar-refractivity contribution in [2.24, 2.45) is 0 Å². The van der Waals surface area contributed by atoms with Gasteiger partial charge in [0.05, 0.1) is 11.9 Å². The summed E-state index contributed by atoms with van der Waals surface area (Å²) in [4.78, 5) is 27.7. The first kappa shape index (κ1) is 26.7. The quantitative estimate of drug-likeness (QED) is 0.546. The summed E-state index contributed by atoms with van der Waals surface area (Å²) >= 11 is 6.31. The molecule has 2 rings (SSSR count). The zero-order valence-electron chi connectivity index (χ0n) is 19.7. The molecule has 2 aromatic carbocycles. The normalized spacial score (nSPS) is 13.2. The van der Waals surface area contributed by atoms with Crippen molar-refractivity contribution in [3.8, 4) is 0 Å². The summed E-state index contributed by atoms with van der Waals surface area (Å²) in [6, 6.07) is 13.0. The van der Waals surface area contributed by atoms with Gasteiger partial charge in [0.25, 0.3) is 0 Å². The second-order valence-electron chi connectivity index (χ2n) is 8.21. The third-order valence-electron chi connectivity index (χ3n) is 5.47. The van der Waals surface area contributed by atoms with E-state index in [1.165, 1.54) is 4.90 Å². The Morgan fingerprint density at radius 3 is 2.21 bits per heavy atom. The number of rotatable bonds is 10. The highest BCUT2D eigenvalue weighted by atomic mass is 35.5. The van der Waals surface area contributed by atoms with Gasteiger partial charge in [0.15, 0.2) is 0 Å². The van der Waals surface area contributed by atoms with Crippen LogP contribution < -0.4 is 9.62 Å². The number of carbonyl (C=O) groups excluding carboxylic acids is 2. The molecule has 180 valence electrons. The molecule has 33 heavy (non-hydrogen) atoms. The molecule has 0 aliphatic heterocycles. The predicted octanol–water partition coefficient (Wildman–Crippen LogP) is 3.75. The molecule has 0 radical (unpaired) electrons. The molecule has 7 nitrogen and oxygen atoms in total. The van der Waals surface area contributed by atoms with Crippen molar-refractivity contribution in [1.82, 2.24) is 10.2 Å². The first-order chi connectivity index (χ1) is 15.4. The van der Waals surface area contributed by atoms with Gasteiger partial charge in [-0.15, -0.1) is 0 Å². The second kappa shape index (κ2) is 11.5. The molecule has 1 N–H and O–H groups in total. The topological polar surface area (TPSA) is 86.8 Å². The fraction of sp³-hybridized carbons (Fsp3) is 0.417. The van der Waals surface area contributed by atoms with Gasteiger partial charge in [0.2, 0.25) is 21.8 Å². The number of sulfonamides is 1. The average Bonchev–Trinajstić information content (AvgIpc) is 2.76. The SMILES string of the molecule is CC[C@H](C)NC(=O)[C@H](C)N(Cc1ccccc1Cl)C(=O)CN(c1ccc(C)cc1)S(C)(=O)=O. The Bertz CT molecular complexity index is 1070. The molecule has 0 saturated carbocycles. The Labute approximate surface area is 201 Å². The van der Waals surface area contributed by atoms with Crippen LogP contribution in [0.3, 0.4) is 0 Å². The molecule has 2 aromatic rings. The van der Waals surface area contributed by atoms with Gasteiger partial charge in [0, 0.05) is 17.6 Å². The van der Waals surface area contributed by atoms with Crippen LogP contribution in [0.1, 0.15) is 38.3 Å². The van der Waals surface area contributed by atoms with Gasteiger partial charge in [-0.25, -0.2) is 8.42 Å². The Hall–Kier alpha value is -2.58. The van der Waals surface area contributed by atoms with E-state index in [9.17, 15) is 18.0 Å². The highest BCUT2D eigenvalue weighted by Crippen LogP contribution is 2.22. The molecule has 2 atom stereocenters. The zero-order chi connectivity index (χ0) is 24.8. The van der Waals surface area contributed by atoms with Crippen molar-refractivity contribution in [3.63, 3.8) is 0 Å². The second-order valence-corrected chi connectivity index (χ2v) is 10.5. The molecule has 0 heterocycles. The van der Waals surface area contributed by atoms with Crippen LogP contribution in [-0.2, 0) is 26.2 Å². The van der Waals surface area contributed by atoms with Crippen LogP contribution in [0.5, 0.6) is 0 Å². The minimum Gasteiger partial charge on any atom is -0.352 e. The number of anilines is 1. The van der Waals surface area contributed by atoms with Gasteiger partial charge < -0.3 is 10.2 Å². The van der Waals surface area contributed by atoms with Crippen molar-refractivity contribution in [2.45, 2.75) is 52.7 Å². The first-order valence-electron chi connectivity index (χ1n) is 10.8. The van der Waals surface area contributed by atoms with Crippen LogP contribution >= 0.6 is 11.6 Å². The number of aryl methyl sites for hydroxylation is 1. The van der Waals surface area contributed by atoms with Crippen molar-refractivity contribution in [2.75, 3.05) is 17.1 Å². The molecule has 0 unspecified atom stereocenters. The lowest BCUT2D eigenvalue weighted by molar-refractivity contribution is -0.139. The van der Waals surface area contributed by atoms with Crippen LogP contribution in [-0.4, -0.2) is 50.0 Å². The van der Waals surface area contributed by atoms with Gasteiger partial charge in [0.1, 0.15) is 12.6 Å². The van der Waals surface area contributed by atoms with Gasteiger partial charge in [-0.2, -0.15) is 0 Å². The van der Waals surface area contributed by atoms with Gasteiger partial charge in [-0.3, -0.25) is 13.9 Å². The van der Waals surface area contributed by atoms with E-state index in [1.54, 1.807) is 55.5 Å². The van der Waals surface area contributed by atoms with Gasteiger partial charge >= 0.3 is 0 Å². The van der Waals surface area contributed by atoms with Crippen molar-refractivity contribution in [1.29, 1.82) is 0 Å². The highest BCUT2D eigenvalue weighted by molar-refractivity contribution is 7.92. The number of nitrogens with one attached hydrogen (secondary N) is 1. The van der Waals surface area contributed by atoms with E-state index in [0.29, 0.717) is 16.3 Å². The number of halogens is 1. The third kappa shape index (κ3) is 7.47. The smallest absolute Gasteiger partial charge is 0.244 e. The van der Waals surface area contributed by atoms with Crippen LogP contribution in [0.15, 0.2) is 48.5 Å². The summed E-state index contributed by atoms with van der Waals surface area (Å²) < 4.78 is 26.1. The standard InChI is InChI=1S/C24H32ClN3O4S/c1-6-18(3)26-24(30)19(4)27(15-20-9-7-8-10-22(20)25)23(29)16-28(33(5,31)32)21-13-11-17(2)12-14-21/h7-14,18-19H,6,15-16H2,1-5H3,(H,26,30)/t18-,19-/m0/s1. The molecular formula is C24H32ClN3O4S. The number of hydrogen-bond acceptors (Lipinski definition) is 4. The molecule has 0 fully saturated rings. The molecule has 0 aliphatic carbocycles. The lowest BCUT2D eigenvalue weighted by atomic mass is 10.1. The van der Waals surface area contributed by atoms with Crippen molar-refractivity contribution >= 4 is 39.1 Å². The van der Waals surface area contributed by atoms with Gasteiger partial charge in [-0.05, 0) is 51.0 Å². The molecule has 0 spiro atoms. The van der Waals surface area contributed by atoms with E-state index >= 15 is 0 Å². The van der Waals surface area contributed by atoms with E-state index in [4.69, 9.17) is 11.6 Å². The molecule has 0 bridgehead atoms. The minimum atomic E-state index is -3.75. The summed E-state index contributed by atoms with van der Waals surface area (Å²) in [5.74, 6) is -0.821. The van der Waals surface area contributed by atoms with E-state index in [-0.39, 0.29) is 18.5 Å². The van der Waals surface area contributed by atoms with E-state index in [1.807, 2.05) is 20.8 Å². The summed E-state index contributed by atoms with van der Waals surface area (Å²) in [7, 11) is -3.75. The molecule has 0 aromatic heterocycles. The van der Waals surface area contributed by atoms with Crippen LogP contribution in [0.25, 0.3) is 0 Å². The van der Waals surface area contributed by atoms with E-state index < -0.39 is 28.5 Å². The van der Waals surface area contributed by atoms with Crippen molar-refractivity contribution < 1.29 is 18.0 Å². The number of hydrogen-bond donors (Lipinski definition) is 1. The Balaban J connectivity index is 2.39. The average molecular weight is 494 g/mol. The van der Waals surface area contributed by atoms with E-state index in [0.717, 1.165) is 22.5 Å². The Morgan fingerprint density at radius 1 is 1.06 bits per heavy atom. The maximum absolute atomic E-state index is 13.5. The molecule has 2 amide bonds. The summed E-state index contributed by atoms with van der Waals surface area (Å²) in [6.07, 6.45) is 1.80.